The third kappa shape index (κ3) is 1.33. The molecule has 0 amide bonds. The molecule has 2 aliphatic rings. The second-order valence-electron chi connectivity index (χ2n) is 5.74. The highest BCUT2D eigenvalue weighted by molar-refractivity contribution is 6.43. The van der Waals surface area contributed by atoms with Gasteiger partial charge < -0.3 is 9.31 Å². The van der Waals surface area contributed by atoms with Crippen LogP contribution in [-0.4, -0.2) is 18.8 Å². The van der Waals surface area contributed by atoms with E-state index in [1.165, 1.54) is 6.42 Å². The Hall–Kier alpha value is -0.0151. The lowest BCUT2D eigenvalue weighted by Gasteiger charge is -2.49. The highest BCUT2D eigenvalue weighted by Gasteiger charge is 2.56. The summed E-state index contributed by atoms with van der Waals surface area (Å²) in [6.07, 6.45) is 2.68. The van der Waals surface area contributed by atoms with Crippen LogP contribution in [0.3, 0.4) is 0 Å². The van der Waals surface area contributed by atoms with Crippen LogP contribution < -0.4 is 0 Å². The van der Waals surface area contributed by atoms with E-state index in [1.54, 1.807) is 0 Å². The Balaban J connectivity index is 2.26. The van der Waals surface area contributed by atoms with E-state index in [2.05, 4.69) is 27.7 Å². The minimum absolute atomic E-state index is 0.0265. The van der Waals surface area contributed by atoms with Crippen molar-refractivity contribution in [1.29, 1.82) is 0 Å². The molecule has 14 heavy (non-hydrogen) atoms. The summed E-state index contributed by atoms with van der Waals surface area (Å²) in [5.74, 6) is 0.554. The van der Waals surface area contributed by atoms with Crippen LogP contribution >= 0.6 is 0 Å². The first kappa shape index (κ1) is 10.5. The molecule has 0 spiro atoms. The summed E-state index contributed by atoms with van der Waals surface area (Å²) in [5, 5.41) is 0. The number of hydrogen-bond donors (Lipinski definition) is 0. The fourth-order valence-electron chi connectivity index (χ4n) is 3.06. The van der Waals surface area contributed by atoms with Crippen molar-refractivity contribution in [3.63, 3.8) is 0 Å². The summed E-state index contributed by atoms with van der Waals surface area (Å²) in [6.45, 7) is 11.2. The van der Waals surface area contributed by atoms with Crippen molar-refractivity contribution in [2.24, 2.45) is 11.3 Å². The Morgan fingerprint density at radius 1 is 1.29 bits per heavy atom. The average Bonchev–Trinajstić information content (AvgIpc) is 2.36. The average molecular weight is 196 g/mol. The second-order valence-corrected chi connectivity index (χ2v) is 5.74. The van der Waals surface area contributed by atoms with E-state index in [1.807, 2.05) is 6.82 Å². The molecular formula is C11H21BO2. The summed E-state index contributed by atoms with van der Waals surface area (Å²) >= 11 is 0. The molecule has 0 unspecified atom stereocenters. The third-order valence-corrected chi connectivity index (χ3v) is 4.50. The Morgan fingerprint density at radius 3 is 2.57 bits per heavy atom. The van der Waals surface area contributed by atoms with Crippen molar-refractivity contribution in [3.8, 4) is 0 Å². The summed E-state index contributed by atoms with van der Waals surface area (Å²) in [5.41, 5.74) is 0.305. The van der Waals surface area contributed by atoms with Crippen molar-refractivity contribution < 1.29 is 9.31 Å². The van der Waals surface area contributed by atoms with Gasteiger partial charge in [-0.25, -0.2) is 0 Å². The van der Waals surface area contributed by atoms with E-state index in [0.29, 0.717) is 17.4 Å². The highest BCUT2D eigenvalue weighted by Crippen LogP contribution is 2.51. The van der Waals surface area contributed by atoms with Crippen molar-refractivity contribution in [2.45, 2.75) is 59.1 Å². The summed E-state index contributed by atoms with van der Waals surface area (Å²) in [6, 6.07) is 0. The number of rotatable bonds is 0. The molecule has 0 N–H and O–H groups in total. The van der Waals surface area contributed by atoms with E-state index in [4.69, 9.17) is 9.31 Å². The first-order valence-corrected chi connectivity index (χ1v) is 5.69. The lowest BCUT2D eigenvalue weighted by Crippen LogP contribution is -2.52. The van der Waals surface area contributed by atoms with E-state index in [9.17, 15) is 0 Å². The van der Waals surface area contributed by atoms with Crippen LogP contribution in [0.15, 0.2) is 0 Å². The normalized spacial score (nSPS) is 46.5. The molecule has 0 aromatic rings. The maximum atomic E-state index is 5.98. The zero-order valence-electron chi connectivity index (χ0n) is 9.96. The smallest absolute Gasteiger partial charge is 0.406 e. The van der Waals surface area contributed by atoms with Gasteiger partial charge in [0.25, 0.3) is 0 Å². The first-order valence-electron chi connectivity index (χ1n) is 5.69. The first-order chi connectivity index (χ1) is 6.36. The van der Waals surface area contributed by atoms with Gasteiger partial charge in [0.2, 0.25) is 0 Å². The van der Waals surface area contributed by atoms with Gasteiger partial charge in [0, 0.05) is 0 Å². The Kier molecular flexibility index (Phi) is 2.24. The molecule has 1 aliphatic heterocycles. The molecule has 80 valence electrons. The minimum atomic E-state index is -0.0683. The molecule has 1 saturated heterocycles. The predicted molar refractivity (Wildman–Crippen MR) is 58.2 cm³/mol. The van der Waals surface area contributed by atoms with Gasteiger partial charge in [-0.3, -0.25) is 0 Å². The predicted octanol–water partition coefficient (Wildman–Crippen LogP) is 2.73. The standard InChI is InChI=1S/C11H21BO2/c1-8-10(2,3)7-6-9-11(8,4)14-12(5)13-9/h8-9H,6-7H2,1-5H3/t8-,9+,11-/m0/s1. The third-order valence-electron chi connectivity index (χ3n) is 4.50. The number of fused-ring (bicyclic) bond motifs is 1. The second kappa shape index (κ2) is 2.99. The van der Waals surface area contributed by atoms with Crippen LogP contribution in [0.1, 0.15) is 40.5 Å². The molecule has 2 nitrogen and oxygen atoms in total. The van der Waals surface area contributed by atoms with Crippen molar-refractivity contribution >= 4 is 7.12 Å². The maximum absolute atomic E-state index is 5.98. The molecule has 0 radical (unpaired) electrons. The molecule has 1 saturated carbocycles. The van der Waals surface area contributed by atoms with Gasteiger partial charge in [-0.05, 0) is 37.9 Å². The van der Waals surface area contributed by atoms with Crippen molar-refractivity contribution in [2.75, 3.05) is 0 Å². The fraction of sp³-hybridized carbons (Fsp3) is 1.00. The van der Waals surface area contributed by atoms with Crippen LogP contribution in [0, 0.1) is 11.3 Å². The van der Waals surface area contributed by atoms with Gasteiger partial charge in [0.1, 0.15) is 0 Å². The van der Waals surface area contributed by atoms with Gasteiger partial charge in [-0.15, -0.1) is 0 Å². The molecule has 0 bridgehead atoms. The van der Waals surface area contributed by atoms with Crippen molar-refractivity contribution in [1.82, 2.24) is 0 Å². The summed E-state index contributed by atoms with van der Waals surface area (Å²) in [4.78, 5) is 0. The van der Waals surface area contributed by atoms with E-state index < -0.39 is 0 Å². The molecule has 3 heteroatoms. The molecule has 2 rings (SSSR count). The minimum Gasteiger partial charge on any atom is -0.406 e. The quantitative estimate of drug-likeness (QED) is 0.554. The molecule has 0 aromatic carbocycles. The summed E-state index contributed by atoms with van der Waals surface area (Å²) in [7, 11) is -0.0265. The Bertz CT molecular complexity index is 241. The van der Waals surface area contributed by atoms with Gasteiger partial charge in [-0.1, -0.05) is 20.8 Å². The topological polar surface area (TPSA) is 18.5 Å². The number of hydrogen-bond acceptors (Lipinski definition) is 2. The molecule has 0 aromatic heterocycles. The zero-order chi connectivity index (χ0) is 10.6. The van der Waals surface area contributed by atoms with Gasteiger partial charge in [-0.2, -0.15) is 0 Å². The van der Waals surface area contributed by atoms with E-state index in [0.717, 1.165) is 6.42 Å². The molecule has 2 fully saturated rings. The summed E-state index contributed by atoms with van der Waals surface area (Å²) < 4.78 is 11.8. The molecule has 1 aliphatic carbocycles. The lowest BCUT2D eigenvalue weighted by atomic mass is 9.61. The fourth-order valence-corrected chi connectivity index (χ4v) is 3.06. The van der Waals surface area contributed by atoms with Crippen LogP contribution in [0.2, 0.25) is 6.82 Å². The molecular weight excluding hydrogens is 175 g/mol. The van der Waals surface area contributed by atoms with Gasteiger partial charge in [0.05, 0.1) is 11.7 Å². The van der Waals surface area contributed by atoms with Gasteiger partial charge in [0.15, 0.2) is 0 Å². The van der Waals surface area contributed by atoms with Crippen LogP contribution in [0.4, 0.5) is 0 Å². The molecule has 3 atom stereocenters. The largest absolute Gasteiger partial charge is 0.454 e. The van der Waals surface area contributed by atoms with E-state index in [-0.39, 0.29) is 12.7 Å². The Labute approximate surface area is 87.5 Å². The van der Waals surface area contributed by atoms with Crippen LogP contribution in [0.5, 0.6) is 0 Å². The van der Waals surface area contributed by atoms with Crippen LogP contribution in [0.25, 0.3) is 0 Å². The van der Waals surface area contributed by atoms with Gasteiger partial charge >= 0.3 is 7.12 Å². The maximum Gasteiger partial charge on any atom is 0.454 e. The molecule has 1 heterocycles. The van der Waals surface area contributed by atoms with Crippen LogP contribution in [-0.2, 0) is 9.31 Å². The Morgan fingerprint density at radius 2 is 1.93 bits per heavy atom. The van der Waals surface area contributed by atoms with Crippen molar-refractivity contribution in [3.05, 3.63) is 0 Å². The van der Waals surface area contributed by atoms with E-state index >= 15 is 0 Å². The zero-order valence-corrected chi connectivity index (χ0v) is 9.96. The SMILES string of the molecule is CB1O[C@@H]2CCC(C)(C)[C@H](C)[C@]2(C)O1. The lowest BCUT2D eigenvalue weighted by molar-refractivity contribution is -0.0835. The monoisotopic (exact) mass is 196 g/mol. The highest BCUT2D eigenvalue weighted by atomic mass is 16.7.